The minimum atomic E-state index is -0.298. The van der Waals surface area contributed by atoms with Crippen LogP contribution in [0.5, 0.6) is 11.5 Å². The van der Waals surface area contributed by atoms with Crippen molar-refractivity contribution in [2.24, 2.45) is 0 Å². The van der Waals surface area contributed by atoms with Crippen LogP contribution in [-0.4, -0.2) is 25.2 Å². The molecule has 1 aliphatic carbocycles. The molecule has 1 saturated carbocycles. The van der Waals surface area contributed by atoms with Crippen LogP contribution in [0.4, 0.5) is 0 Å². The van der Waals surface area contributed by atoms with E-state index in [-0.39, 0.29) is 17.5 Å². The molecular formula is C23H24N2O3. The van der Waals surface area contributed by atoms with Crippen molar-refractivity contribution < 1.29 is 14.3 Å². The Morgan fingerprint density at radius 3 is 2.21 bits per heavy atom. The molecule has 0 aromatic heterocycles. The molecule has 144 valence electrons. The molecule has 28 heavy (non-hydrogen) atoms. The van der Waals surface area contributed by atoms with Crippen molar-refractivity contribution in [2.75, 3.05) is 13.2 Å². The van der Waals surface area contributed by atoms with Gasteiger partial charge in [-0.15, -0.1) is 0 Å². The average molecular weight is 376 g/mol. The quantitative estimate of drug-likeness (QED) is 0.428. The number of ether oxygens (including phenoxy) is 2. The van der Waals surface area contributed by atoms with E-state index >= 15 is 0 Å². The van der Waals surface area contributed by atoms with Crippen LogP contribution >= 0.6 is 0 Å². The van der Waals surface area contributed by atoms with E-state index in [2.05, 4.69) is 5.32 Å². The van der Waals surface area contributed by atoms with Crippen LogP contribution in [0.2, 0.25) is 0 Å². The van der Waals surface area contributed by atoms with E-state index in [1.807, 2.05) is 60.7 Å². The first-order valence-corrected chi connectivity index (χ1v) is 9.58. The molecule has 0 spiro atoms. The molecule has 0 bridgehead atoms. The number of benzene rings is 2. The first kappa shape index (κ1) is 19.5. The minimum Gasteiger partial charge on any atom is -0.490 e. The SMILES string of the molecule is N#CC(=Cc1ccc(OCCOc2ccccc2)cc1)C(=O)NC1CCCC1. The summed E-state index contributed by atoms with van der Waals surface area (Å²) in [5.41, 5.74) is 0.905. The molecule has 1 fully saturated rings. The Kier molecular flexibility index (Phi) is 7.08. The van der Waals surface area contributed by atoms with Gasteiger partial charge in [0.2, 0.25) is 0 Å². The number of amides is 1. The lowest BCUT2D eigenvalue weighted by molar-refractivity contribution is -0.117. The molecule has 1 amide bonds. The number of hydrogen-bond acceptors (Lipinski definition) is 4. The van der Waals surface area contributed by atoms with Crippen LogP contribution < -0.4 is 14.8 Å². The van der Waals surface area contributed by atoms with Crippen molar-refractivity contribution in [1.29, 1.82) is 5.26 Å². The second kappa shape index (κ2) is 10.2. The Bertz CT molecular complexity index is 832. The fourth-order valence-corrected chi connectivity index (χ4v) is 3.14. The zero-order chi connectivity index (χ0) is 19.6. The lowest BCUT2D eigenvalue weighted by atomic mass is 10.1. The van der Waals surface area contributed by atoms with Gasteiger partial charge in [-0.05, 0) is 48.7 Å². The highest BCUT2D eigenvalue weighted by Gasteiger charge is 2.19. The van der Waals surface area contributed by atoms with E-state index < -0.39 is 0 Å². The summed E-state index contributed by atoms with van der Waals surface area (Å²) in [6, 6.07) is 19.1. The maximum absolute atomic E-state index is 12.3. The Labute approximate surface area is 165 Å². The summed E-state index contributed by atoms with van der Waals surface area (Å²) in [5.74, 6) is 1.22. The lowest BCUT2D eigenvalue weighted by Gasteiger charge is -2.11. The molecule has 5 heteroatoms. The van der Waals surface area contributed by atoms with Gasteiger partial charge in [-0.25, -0.2) is 0 Å². The zero-order valence-corrected chi connectivity index (χ0v) is 15.8. The normalized spacial score (nSPS) is 14.3. The fraction of sp³-hybridized carbons (Fsp3) is 0.304. The van der Waals surface area contributed by atoms with Crippen molar-refractivity contribution in [3.8, 4) is 17.6 Å². The largest absolute Gasteiger partial charge is 0.490 e. The van der Waals surface area contributed by atoms with Crippen molar-refractivity contribution in [1.82, 2.24) is 5.32 Å². The maximum Gasteiger partial charge on any atom is 0.262 e. The summed E-state index contributed by atoms with van der Waals surface area (Å²) < 4.78 is 11.2. The third kappa shape index (κ3) is 5.88. The van der Waals surface area contributed by atoms with Gasteiger partial charge in [-0.3, -0.25) is 4.79 Å². The van der Waals surface area contributed by atoms with E-state index in [1.165, 1.54) is 0 Å². The van der Waals surface area contributed by atoms with Crippen molar-refractivity contribution in [3.63, 3.8) is 0 Å². The fourth-order valence-electron chi connectivity index (χ4n) is 3.14. The molecule has 5 nitrogen and oxygen atoms in total. The first-order chi connectivity index (χ1) is 13.7. The molecule has 1 N–H and O–H groups in total. The number of hydrogen-bond donors (Lipinski definition) is 1. The van der Waals surface area contributed by atoms with Crippen molar-refractivity contribution in [2.45, 2.75) is 31.7 Å². The van der Waals surface area contributed by atoms with Gasteiger partial charge in [0.25, 0.3) is 5.91 Å². The van der Waals surface area contributed by atoms with Gasteiger partial charge in [0.1, 0.15) is 36.4 Å². The molecule has 3 rings (SSSR count). The van der Waals surface area contributed by atoms with E-state index in [4.69, 9.17) is 9.47 Å². The third-order valence-electron chi connectivity index (χ3n) is 4.61. The minimum absolute atomic E-state index is 0.122. The molecule has 0 saturated heterocycles. The molecular weight excluding hydrogens is 352 g/mol. The smallest absolute Gasteiger partial charge is 0.262 e. The number of carbonyl (C=O) groups excluding carboxylic acids is 1. The van der Waals surface area contributed by atoms with Crippen molar-refractivity contribution in [3.05, 3.63) is 65.7 Å². The average Bonchev–Trinajstić information content (AvgIpc) is 3.24. The third-order valence-corrected chi connectivity index (χ3v) is 4.61. The van der Waals surface area contributed by atoms with E-state index in [1.54, 1.807) is 6.08 Å². The number of para-hydroxylation sites is 1. The topological polar surface area (TPSA) is 71.3 Å². The van der Waals surface area contributed by atoms with Gasteiger partial charge in [-0.2, -0.15) is 5.26 Å². The standard InChI is InChI=1S/C23H24N2O3/c24-17-19(23(26)25-20-6-4-5-7-20)16-18-10-12-22(13-11-18)28-15-14-27-21-8-2-1-3-9-21/h1-3,8-13,16,20H,4-7,14-15H2,(H,25,26). The zero-order valence-electron chi connectivity index (χ0n) is 15.8. The van der Waals surface area contributed by atoms with Crippen LogP contribution in [0.15, 0.2) is 60.2 Å². The van der Waals surface area contributed by atoms with Gasteiger partial charge in [0.05, 0.1) is 0 Å². The second-order valence-corrected chi connectivity index (χ2v) is 6.70. The second-order valence-electron chi connectivity index (χ2n) is 6.70. The number of carbonyl (C=O) groups is 1. The van der Waals surface area contributed by atoms with Crippen LogP contribution in [0.3, 0.4) is 0 Å². The molecule has 0 radical (unpaired) electrons. The number of nitrogens with zero attached hydrogens (tertiary/aromatic N) is 1. The maximum atomic E-state index is 12.3. The van der Waals surface area contributed by atoms with Crippen LogP contribution in [0, 0.1) is 11.3 Å². The molecule has 0 heterocycles. The molecule has 0 unspecified atom stereocenters. The molecule has 2 aromatic rings. The van der Waals surface area contributed by atoms with Crippen LogP contribution in [-0.2, 0) is 4.79 Å². The summed E-state index contributed by atoms with van der Waals surface area (Å²) in [7, 11) is 0. The predicted molar refractivity (Wildman–Crippen MR) is 108 cm³/mol. The molecule has 1 aliphatic rings. The van der Waals surface area contributed by atoms with Gasteiger partial charge < -0.3 is 14.8 Å². The molecule has 0 aliphatic heterocycles. The first-order valence-electron chi connectivity index (χ1n) is 9.58. The Balaban J connectivity index is 1.49. The Morgan fingerprint density at radius 2 is 1.61 bits per heavy atom. The summed E-state index contributed by atoms with van der Waals surface area (Å²) in [6.45, 7) is 0.878. The Hall–Kier alpha value is -3.26. The highest BCUT2D eigenvalue weighted by molar-refractivity contribution is 6.01. The van der Waals surface area contributed by atoms with Crippen molar-refractivity contribution >= 4 is 12.0 Å². The molecule has 0 atom stereocenters. The summed E-state index contributed by atoms with van der Waals surface area (Å²) in [5, 5.41) is 12.2. The lowest BCUT2D eigenvalue weighted by Crippen LogP contribution is -2.33. The number of nitriles is 1. The highest BCUT2D eigenvalue weighted by atomic mass is 16.5. The summed E-state index contributed by atoms with van der Waals surface area (Å²) >= 11 is 0. The van der Waals surface area contributed by atoms with Gasteiger partial charge >= 0.3 is 0 Å². The summed E-state index contributed by atoms with van der Waals surface area (Å²) in [4.78, 5) is 12.3. The number of rotatable bonds is 8. The number of nitrogens with one attached hydrogen (secondary N) is 1. The Morgan fingerprint density at radius 1 is 1.00 bits per heavy atom. The van der Waals surface area contributed by atoms with Gasteiger partial charge in [0.15, 0.2) is 0 Å². The molecule has 2 aromatic carbocycles. The highest BCUT2D eigenvalue weighted by Crippen LogP contribution is 2.19. The predicted octanol–water partition coefficient (Wildman–Crippen LogP) is 4.11. The van der Waals surface area contributed by atoms with Crippen LogP contribution in [0.1, 0.15) is 31.2 Å². The van der Waals surface area contributed by atoms with E-state index in [0.717, 1.165) is 37.0 Å². The van der Waals surface area contributed by atoms with Crippen LogP contribution in [0.25, 0.3) is 6.08 Å². The monoisotopic (exact) mass is 376 g/mol. The summed E-state index contributed by atoms with van der Waals surface area (Å²) in [6.07, 6.45) is 5.85. The van der Waals surface area contributed by atoms with Gasteiger partial charge in [0, 0.05) is 6.04 Å². The van der Waals surface area contributed by atoms with Gasteiger partial charge in [-0.1, -0.05) is 43.2 Å². The van der Waals surface area contributed by atoms with E-state index in [9.17, 15) is 10.1 Å². The van der Waals surface area contributed by atoms with E-state index in [0.29, 0.717) is 19.0 Å².